The molecule has 0 fully saturated rings. The van der Waals surface area contributed by atoms with Crippen molar-refractivity contribution in [1.29, 1.82) is 0 Å². The number of hydrogen-bond acceptors (Lipinski definition) is 0. The van der Waals surface area contributed by atoms with Gasteiger partial charge in [0.05, 0.1) is 0 Å². The van der Waals surface area contributed by atoms with Gasteiger partial charge in [-0.15, -0.1) is 30.6 Å². The van der Waals surface area contributed by atoms with Crippen LogP contribution in [0.25, 0.3) is 0 Å². The Morgan fingerprint density at radius 2 is 1.00 bits per heavy atom. The molecule has 0 aromatic rings. The topological polar surface area (TPSA) is 0 Å². The van der Waals surface area contributed by atoms with Crippen molar-refractivity contribution in [3.8, 4) is 0 Å². The first kappa shape index (κ1) is 16.6. The molecule has 0 aliphatic carbocycles. The summed E-state index contributed by atoms with van der Waals surface area (Å²) in [5.41, 5.74) is 0. The van der Waals surface area contributed by atoms with Crippen LogP contribution in [0, 0.1) is 0 Å². The van der Waals surface area contributed by atoms with Crippen LogP contribution in [-0.2, 0) is 0 Å². The van der Waals surface area contributed by atoms with E-state index in [1.807, 2.05) is 0 Å². The highest BCUT2D eigenvalue weighted by molar-refractivity contribution is 9.47. The largest absolute Gasteiger partial charge is 0.269 e. The molecule has 5 heavy (non-hydrogen) atoms. The lowest BCUT2D eigenvalue weighted by Crippen LogP contribution is -1.31. The van der Waals surface area contributed by atoms with E-state index >= 15 is 0 Å². The Bertz CT molecular complexity index is 7.61. The van der Waals surface area contributed by atoms with Crippen LogP contribution >= 0.6 is 30.6 Å². The summed E-state index contributed by atoms with van der Waals surface area (Å²) in [5.74, 6) is 0. The van der Waals surface area contributed by atoms with Crippen LogP contribution in [0.1, 0.15) is 0 Å². The molecule has 0 amide bonds. The Balaban J connectivity index is -0.0000000200. The fraction of sp³-hybridized carbons (Fsp3) is 0. The summed E-state index contributed by atoms with van der Waals surface area (Å²) in [5, 5.41) is 0. The van der Waals surface area contributed by atoms with Gasteiger partial charge in [-0.25, -0.2) is 0 Å². The van der Waals surface area contributed by atoms with Crippen LogP contribution in [0.2, 0.25) is 0 Å². The van der Waals surface area contributed by atoms with E-state index in [1.165, 1.54) is 0 Å². The second kappa shape index (κ2) is 19.8. The Morgan fingerprint density at radius 3 is 1.00 bits per heavy atom. The van der Waals surface area contributed by atoms with E-state index in [0.717, 1.165) is 0 Å². The summed E-state index contributed by atoms with van der Waals surface area (Å²) in [7, 11) is 0. The summed E-state index contributed by atoms with van der Waals surface area (Å²) < 4.78 is 0. The molecule has 0 rings (SSSR count). The van der Waals surface area contributed by atoms with E-state index in [1.54, 1.807) is 0 Å². The molecule has 5 heteroatoms. The van der Waals surface area contributed by atoms with Crippen molar-refractivity contribution in [2.24, 2.45) is 0 Å². The maximum absolute atomic E-state index is 3.20. The van der Waals surface area contributed by atoms with Gasteiger partial charge in [0.1, 0.15) is 0 Å². The molecular weight excluding hydrogens is 226 g/mol. The second-order valence-electron chi connectivity index (χ2n) is 0.101. The first-order valence-electron chi connectivity index (χ1n) is 0.535. The molecule has 0 aromatic carbocycles. The Kier molecular flexibility index (Phi) is 65.7. The van der Waals surface area contributed by atoms with Gasteiger partial charge in [-0.05, 0) is 0 Å². The average Bonchev–Trinajstić information content (AvgIpc) is 0.918. The normalized spacial score (nSPS) is 3.60. The standard InChI is InChI=1S/Br2H2Si.2FH/c1-3-2;;/h3H2;2*1H. The highest BCUT2D eigenvalue weighted by Crippen LogP contribution is 1.77. The van der Waals surface area contributed by atoms with Crippen LogP contribution in [-0.4, -0.2) is 6.76 Å². The molecule has 0 radical (unpaired) electrons. The molecule has 0 heterocycles. The molecule has 0 N–H and O–H groups in total. The molecule has 0 aromatic heterocycles. The molecule has 0 atom stereocenters. The molecule has 0 saturated heterocycles. The molecule has 0 unspecified atom stereocenters. The highest BCUT2D eigenvalue weighted by Gasteiger charge is 1.45. The van der Waals surface area contributed by atoms with Crippen molar-refractivity contribution in [1.82, 2.24) is 0 Å². The first-order valence-corrected chi connectivity index (χ1v) is 8.33. The molecule has 36 valence electrons. The van der Waals surface area contributed by atoms with Crippen molar-refractivity contribution in [3.63, 3.8) is 0 Å². The smallest absolute Gasteiger partial charge is 0.171 e. The molecule has 0 nitrogen and oxygen atoms in total. The third-order valence-electron chi connectivity index (χ3n) is 0. The van der Waals surface area contributed by atoms with Gasteiger partial charge < -0.3 is 0 Å². The summed E-state index contributed by atoms with van der Waals surface area (Å²) >= 11 is 6.40. The zero-order valence-electron chi connectivity index (χ0n) is 2.28. The van der Waals surface area contributed by atoms with E-state index in [0.29, 0.717) is 0 Å². The summed E-state index contributed by atoms with van der Waals surface area (Å²) in [6.45, 7) is 0.0417. The van der Waals surface area contributed by atoms with Crippen LogP contribution in [0.4, 0.5) is 9.41 Å². The molecule has 0 spiro atoms. The lowest BCUT2D eigenvalue weighted by atomic mass is 19.0. The van der Waals surface area contributed by atoms with E-state index in [9.17, 15) is 0 Å². The van der Waals surface area contributed by atoms with Crippen molar-refractivity contribution >= 4 is 37.3 Å². The third-order valence-corrected chi connectivity index (χ3v) is 0. The summed E-state index contributed by atoms with van der Waals surface area (Å²) in [6, 6.07) is 0. The van der Waals surface area contributed by atoms with Gasteiger partial charge in [-0.1, -0.05) is 0 Å². The lowest BCUT2D eigenvalue weighted by Gasteiger charge is -1.40. The maximum Gasteiger partial charge on any atom is 0.171 e. The van der Waals surface area contributed by atoms with Crippen LogP contribution < -0.4 is 0 Å². The monoisotopic (exact) mass is 228 g/mol. The van der Waals surface area contributed by atoms with Crippen molar-refractivity contribution in [2.75, 3.05) is 0 Å². The summed E-state index contributed by atoms with van der Waals surface area (Å²) in [4.78, 5) is 0. The van der Waals surface area contributed by atoms with Gasteiger partial charge in [0.2, 0.25) is 0 Å². The van der Waals surface area contributed by atoms with Crippen molar-refractivity contribution in [3.05, 3.63) is 0 Å². The zero-order chi connectivity index (χ0) is 2.71. The lowest BCUT2D eigenvalue weighted by molar-refractivity contribution is 1.11. The predicted molar refractivity (Wildman–Crippen MR) is 31.4 cm³/mol. The van der Waals surface area contributed by atoms with Crippen LogP contribution in [0.3, 0.4) is 0 Å². The zero-order valence-corrected chi connectivity index (χ0v) is 6.87. The number of rotatable bonds is 0. The minimum absolute atomic E-state index is 0. The Morgan fingerprint density at radius 1 is 1.00 bits per heavy atom. The fourth-order valence-corrected chi connectivity index (χ4v) is 0. The van der Waals surface area contributed by atoms with E-state index < -0.39 is 0 Å². The van der Waals surface area contributed by atoms with Crippen LogP contribution in [0.15, 0.2) is 0 Å². The van der Waals surface area contributed by atoms with E-state index in [4.69, 9.17) is 0 Å². The minimum Gasteiger partial charge on any atom is -0.269 e. The minimum atomic E-state index is 0. The van der Waals surface area contributed by atoms with Crippen LogP contribution in [0.5, 0.6) is 0 Å². The SMILES string of the molecule is Br[SiH2]Br.F.F. The van der Waals surface area contributed by atoms with Crippen molar-refractivity contribution < 1.29 is 9.41 Å². The quantitative estimate of drug-likeness (QED) is 0.431. The molecular formula is H4Br2F2Si. The Hall–Kier alpha value is 1.04. The van der Waals surface area contributed by atoms with E-state index in [2.05, 4.69) is 30.6 Å². The van der Waals surface area contributed by atoms with Gasteiger partial charge in [-0.2, -0.15) is 0 Å². The summed E-state index contributed by atoms with van der Waals surface area (Å²) in [6.07, 6.45) is 0. The number of hydrogen-bond donors (Lipinski definition) is 0. The van der Waals surface area contributed by atoms with Gasteiger partial charge in [0.15, 0.2) is 6.76 Å². The van der Waals surface area contributed by atoms with Gasteiger partial charge in [0.25, 0.3) is 0 Å². The predicted octanol–water partition coefficient (Wildman–Crippen LogP) is 1.08. The second-order valence-corrected chi connectivity index (χ2v) is 8.18. The average molecular weight is 230 g/mol. The third kappa shape index (κ3) is 43.2. The van der Waals surface area contributed by atoms with Gasteiger partial charge >= 0.3 is 0 Å². The maximum atomic E-state index is 3.20. The number of halogens is 4. The van der Waals surface area contributed by atoms with Gasteiger partial charge in [-0.3, -0.25) is 9.41 Å². The van der Waals surface area contributed by atoms with Gasteiger partial charge in [0, 0.05) is 0 Å². The molecule has 0 bridgehead atoms. The molecule has 0 saturated carbocycles. The Labute approximate surface area is 47.0 Å². The molecule has 0 aliphatic heterocycles. The van der Waals surface area contributed by atoms with E-state index in [-0.39, 0.29) is 16.2 Å². The fourth-order valence-electron chi connectivity index (χ4n) is 0. The molecule has 0 aliphatic rings. The highest BCUT2D eigenvalue weighted by atomic mass is 79.9. The first-order chi connectivity index (χ1) is 1.41. The van der Waals surface area contributed by atoms with Crippen molar-refractivity contribution in [2.45, 2.75) is 0 Å².